The minimum atomic E-state index is -0.159. The standard InChI is InChI=1S/C10H18N2O2/c1-10(2,3)7(11)6-12-8(13)4-5-9(12)14/h7H,4-6,11H2,1-3H3/t7-/m1/s1. The molecule has 0 aliphatic carbocycles. The molecule has 0 radical (unpaired) electrons. The molecule has 0 saturated carbocycles. The van der Waals surface area contributed by atoms with Crippen LogP contribution in [0.2, 0.25) is 0 Å². The molecule has 1 saturated heterocycles. The van der Waals surface area contributed by atoms with E-state index >= 15 is 0 Å². The van der Waals surface area contributed by atoms with Gasteiger partial charge in [-0.05, 0) is 5.41 Å². The summed E-state index contributed by atoms with van der Waals surface area (Å²) in [4.78, 5) is 23.9. The van der Waals surface area contributed by atoms with E-state index in [9.17, 15) is 9.59 Å². The van der Waals surface area contributed by atoms with Gasteiger partial charge in [-0.2, -0.15) is 0 Å². The number of hydrogen-bond acceptors (Lipinski definition) is 3. The van der Waals surface area contributed by atoms with E-state index in [-0.39, 0.29) is 23.3 Å². The first-order chi connectivity index (χ1) is 6.32. The third-order valence-corrected chi connectivity index (χ3v) is 2.65. The third kappa shape index (κ3) is 2.32. The summed E-state index contributed by atoms with van der Waals surface area (Å²) < 4.78 is 0. The highest BCUT2D eigenvalue weighted by molar-refractivity contribution is 6.01. The van der Waals surface area contributed by atoms with Crippen LogP contribution in [-0.2, 0) is 9.59 Å². The highest BCUT2D eigenvalue weighted by Crippen LogP contribution is 2.20. The summed E-state index contributed by atoms with van der Waals surface area (Å²) in [5, 5.41) is 0. The van der Waals surface area contributed by atoms with Crippen LogP contribution in [-0.4, -0.2) is 29.3 Å². The zero-order chi connectivity index (χ0) is 10.9. The predicted octanol–water partition coefficient (Wildman–Crippen LogP) is 0.509. The second-order valence-corrected chi connectivity index (χ2v) is 4.87. The van der Waals surface area contributed by atoms with Gasteiger partial charge in [-0.3, -0.25) is 14.5 Å². The Bertz CT molecular complexity index is 239. The van der Waals surface area contributed by atoms with Crippen LogP contribution in [0.25, 0.3) is 0 Å². The monoisotopic (exact) mass is 198 g/mol. The van der Waals surface area contributed by atoms with Crippen molar-refractivity contribution in [1.82, 2.24) is 4.90 Å². The molecular formula is C10H18N2O2. The van der Waals surface area contributed by atoms with Gasteiger partial charge in [0.15, 0.2) is 0 Å². The van der Waals surface area contributed by atoms with Crippen molar-refractivity contribution in [3.8, 4) is 0 Å². The van der Waals surface area contributed by atoms with Gasteiger partial charge in [0.1, 0.15) is 0 Å². The fourth-order valence-electron chi connectivity index (χ4n) is 1.30. The fraction of sp³-hybridized carbons (Fsp3) is 0.800. The van der Waals surface area contributed by atoms with E-state index in [1.165, 1.54) is 4.90 Å². The number of likely N-dealkylation sites (tertiary alicyclic amines) is 1. The molecule has 0 aromatic carbocycles. The molecule has 1 aliphatic rings. The van der Waals surface area contributed by atoms with Crippen molar-refractivity contribution in [2.75, 3.05) is 6.54 Å². The van der Waals surface area contributed by atoms with Gasteiger partial charge in [-0.15, -0.1) is 0 Å². The zero-order valence-corrected chi connectivity index (χ0v) is 9.04. The number of rotatable bonds is 2. The Balaban J connectivity index is 2.60. The number of imide groups is 1. The normalized spacial score (nSPS) is 20.4. The van der Waals surface area contributed by atoms with Gasteiger partial charge < -0.3 is 5.73 Å². The molecule has 1 atom stereocenters. The molecule has 1 fully saturated rings. The molecule has 1 aliphatic heterocycles. The Morgan fingerprint density at radius 2 is 1.71 bits per heavy atom. The molecule has 2 amide bonds. The van der Waals surface area contributed by atoms with Gasteiger partial charge in [0.25, 0.3) is 0 Å². The van der Waals surface area contributed by atoms with Crippen LogP contribution >= 0.6 is 0 Å². The first-order valence-electron chi connectivity index (χ1n) is 4.91. The molecule has 1 rings (SSSR count). The zero-order valence-electron chi connectivity index (χ0n) is 9.04. The van der Waals surface area contributed by atoms with E-state index in [2.05, 4.69) is 0 Å². The maximum absolute atomic E-state index is 11.3. The molecule has 0 unspecified atom stereocenters. The SMILES string of the molecule is CC(C)(C)[C@H](N)CN1C(=O)CCC1=O. The number of nitrogens with zero attached hydrogens (tertiary/aromatic N) is 1. The van der Waals surface area contributed by atoms with Crippen LogP contribution < -0.4 is 5.73 Å². The summed E-state index contributed by atoms with van der Waals surface area (Å²) in [6.07, 6.45) is 0.686. The first kappa shape index (κ1) is 11.2. The van der Waals surface area contributed by atoms with E-state index < -0.39 is 0 Å². The summed E-state index contributed by atoms with van der Waals surface area (Å²) in [5.74, 6) is -0.176. The van der Waals surface area contributed by atoms with Crippen molar-refractivity contribution < 1.29 is 9.59 Å². The predicted molar refractivity (Wildman–Crippen MR) is 53.4 cm³/mol. The molecule has 0 aromatic rings. The van der Waals surface area contributed by atoms with Gasteiger partial charge in [0.05, 0.1) is 0 Å². The Kier molecular flexibility index (Phi) is 2.95. The lowest BCUT2D eigenvalue weighted by atomic mass is 9.87. The molecule has 4 heteroatoms. The first-order valence-corrected chi connectivity index (χ1v) is 4.91. The average molecular weight is 198 g/mol. The summed E-state index contributed by atoms with van der Waals surface area (Å²) in [7, 11) is 0. The van der Waals surface area contributed by atoms with E-state index in [4.69, 9.17) is 5.73 Å². The second kappa shape index (κ2) is 3.69. The fourth-order valence-corrected chi connectivity index (χ4v) is 1.30. The lowest BCUT2D eigenvalue weighted by Gasteiger charge is -2.29. The lowest BCUT2D eigenvalue weighted by molar-refractivity contribution is -0.138. The smallest absolute Gasteiger partial charge is 0.229 e. The quantitative estimate of drug-likeness (QED) is 0.657. The van der Waals surface area contributed by atoms with E-state index in [1.54, 1.807) is 0 Å². The van der Waals surface area contributed by atoms with Gasteiger partial charge in [0.2, 0.25) is 11.8 Å². The highest BCUT2D eigenvalue weighted by Gasteiger charge is 2.32. The molecular weight excluding hydrogens is 180 g/mol. The lowest BCUT2D eigenvalue weighted by Crippen LogP contribution is -2.47. The van der Waals surface area contributed by atoms with Crippen molar-refractivity contribution >= 4 is 11.8 Å². The number of carbonyl (C=O) groups excluding carboxylic acids is 2. The molecule has 0 bridgehead atoms. The Morgan fingerprint density at radius 3 is 2.07 bits per heavy atom. The maximum Gasteiger partial charge on any atom is 0.229 e. The molecule has 0 aromatic heterocycles. The number of nitrogens with two attached hydrogens (primary N) is 1. The molecule has 80 valence electrons. The van der Waals surface area contributed by atoms with Crippen molar-refractivity contribution in [2.24, 2.45) is 11.1 Å². The minimum Gasteiger partial charge on any atom is -0.326 e. The third-order valence-electron chi connectivity index (χ3n) is 2.65. The summed E-state index contributed by atoms with van der Waals surface area (Å²) in [6, 6.07) is -0.159. The van der Waals surface area contributed by atoms with Crippen molar-refractivity contribution in [1.29, 1.82) is 0 Å². The Hall–Kier alpha value is -0.900. The van der Waals surface area contributed by atoms with Crippen molar-refractivity contribution in [3.05, 3.63) is 0 Å². The van der Waals surface area contributed by atoms with Crippen LogP contribution in [0.3, 0.4) is 0 Å². The Labute approximate surface area is 84.4 Å². The van der Waals surface area contributed by atoms with Crippen LogP contribution in [0.1, 0.15) is 33.6 Å². The number of carbonyl (C=O) groups is 2. The average Bonchev–Trinajstić information content (AvgIpc) is 2.34. The summed E-state index contributed by atoms with van der Waals surface area (Å²) in [6.45, 7) is 6.36. The van der Waals surface area contributed by atoms with Gasteiger partial charge >= 0.3 is 0 Å². The van der Waals surface area contributed by atoms with Gasteiger partial charge in [-0.1, -0.05) is 20.8 Å². The van der Waals surface area contributed by atoms with Crippen molar-refractivity contribution in [2.45, 2.75) is 39.7 Å². The van der Waals surface area contributed by atoms with Crippen LogP contribution in [0.5, 0.6) is 0 Å². The topological polar surface area (TPSA) is 63.4 Å². The second-order valence-electron chi connectivity index (χ2n) is 4.87. The van der Waals surface area contributed by atoms with Crippen LogP contribution in [0.4, 0.5) is 0 Å². The molecule has 4 nitrogen and oxygen atoms in total. The number of hydrogen-bond donors (Lipinski definition) is 1. The molecule has 2 N–H and O–H groups in total. The van der Waals surface area contributed by atoms with Crippen LogP contribution in [0, 0.1) is 5.41 Å². The van der Waals surface area contributed by atoms with Gasteiger partial charge in [0, 0.05) is 25.4 Å². The van der Waals surface area contributed by atoms with Crippen molar-refractivity contribution in [3.63, 3.8) is 0 Å². The molecule has 1 heterocycles. The Morgan fingerprint density at radius 1 is 1.29 bits per heavy atom. The maximum atomic E-state index is 11.3. The number of amides is 2. The summed E-state index contributed by atoms with van der Waals surface area (Å²) >= 11 is 0. The van der Waals surface area contributed by atoms with Gasteiger partial charge in [-0.25, -0.2) is 0 Å². The van der Waals surface area contributed by atoms with E-state index in [0.717, 1.165) is 0 Å². The molecule has 0 spiro atoms. The minimum absolute atomic E-state index is 0.0802. The molecule has 14 heavy (non-hydrogen) atoms. The van der Waals surface area contributed by atoms with E-state index in [0.29, 0.717) is 19.4 Å². The largest absolute Gasteiger partial charge is 0.326 e. The van der Waals surface area contributed by atoms with Crippen LogP contribution in [0.15, 0.2) is 0 Å². The summed E-state index contributed by atoms with van der Waals surface area (Å²) in [5.41, 5.74) is 5.83. The van der Waals surface area contributed by atoms with E-state index in [1.807, 2.05) is 20.8 Å². The highest BCUT2D eigenvalue weighted by atomic mass is 16.2.